The first-order valence-electron chi connectivity index (χ1n) is 2.78. The molecule has 0 aliphatic rings. The second-order valence-electron chi connectivity index (χ2n) is 1.63. The number of allylic oxidation sites excluding steroid dienone is 1. The van der Waals surface area contributed by atoms with Gasteiger partial charge in [0.25, 0.3) is 0 Å². The maximum atomic E-state index is 10.8. The van der Waals surface area contributed by atoms with Crippen LogP contribution in [0.25, 0.3) is 0 Å². The Labute approximate surface area is 72.8 Å². The molecule has 56 valence electrons. The molecule has 0 aromatic carbocycles. The molecule has 0 fully saturated rings. The zero-order valence-electron chi connectivity index (χ0n) is 5.56. The normalized spacial score (nSPS) is 11.2. The Kier molecular flexibility index (Phi) is 4.26. The van der Waals surface area contributed by atoms with Crippen LogP contribution in [0.3, 0.4) is 0 Å². The number of hydrogen-bond donors (Lipinski definition) is 1. The highest BCUT2D eigenvalue weighted by Gasteiger charge is 2.11. The lowest BCUT2D eigenvalue weighted by atomic mass is 10.2. The monoisotopic (exact) mass is 253 g/mol. The smallest absolute Gasteiger partial charge is 0.227 e. The molecular formula is C6H8INO2. The Morgan fingerprint density at radius 2 is 2.10 bits per heavy atom. The summed E-state index contributed by atoms with van der Waals surface area (Å²) in [7, 11) is 0. The predicted molar refractivity (Wildman–Crippen MR) is 46.6 cm³/mol. The summed E-state index contributed by atoms with van der Waals surface area (Å²) in [5, 5.41) is 0. The number of hydrogen-bond acceptors (Lipinski definition) is 3. The van der Waals surface area contributed by atoms with Crippen LogP contribution in [0.5, 0.6) is 0 Å². The van der Waals surface area contributed by atoms with Gasteiger partial charge >= 0.3 is 0 Å². The maximum Gasteiger partial charge on any atom is 0.227 e. The zero-order valence-corrected chi connectivity index (χ0v) is 7.71. The lowest BCUT2D eigenvalue weighted by Crippen LogP contribution is -2.08. The van der Waals surface area contributed by atoms with Crippen molar-refractivity contribution in [3.63, 3.8) is 0 Å². The number of nitrogens with two attached hydrogens (primary N) is 1. The summed E-state index contributed by atoms with van der Waals surface area (Å²) in [6.45, 7) is 1.69. The first-order valence-corrected chi connectivity index (χ1v) is 3.86. The van der Waals surface area contributed by atoms with Gasteiger partial charge < -0.3 is 5.73 Å². The van der Waals surface area contributed by atoms with E-state index in [0.29, 0.717) is 6.42 Å². The Morgan fingerprint density at radius 1 is 1.60 bits per heavy atom. The molecule has 0 saturated carbocycles. The van der Waals surface area contributed by atoms with Crippen molar-refractivity contribution in [1.29, 1.82) is 0 Å². The molecule has 0 aliphatic carbocycles. The van der Waals surface area contributed by atoms with Crippen molar-refractivity contribution in [3.05, 3.63) is 11.8 Å². The molecule has 0 bridgehead atoms. The Morgan fingerprint density at radius 3 is 2.20 bits per heavy atom. The second kappa shape index (κ2) is 4.43. The molecule has 10 heavy (non-hydrogen) atoms. The lowest BCUT2D eigenvalue weighted by molar-refractivity contribution is -0.117. The van der Waals surface area contributed by atoms with Crippen LogP contribution in [0.15, 0.2) is 11.8 Å². The van der Waals surface area contributed by atoms with E-state index in [4.69, 9.17) is 5.73 Å². The minimum absolute atomic E-state index is 0.0862. The molecule has 2 N–H and O–H groups in total. The maximum absolute atomic E-state index is 10.8. The molecule has 0 aromatic rings. The molecule has 0 aliphatic heterocycles. The van der Waals surface area contributed by atoms with E-state index in [9.17, 15) is 9.59 Å². The molecule has 0 amide bonds. The number of halogens is 1. The van der Waals surface area contributed by atoms with Crippen LogP contribution >= 0.6 is 22.6 Å². The third-order valence-corrected chi connectivity index (χ3v) is 1.58. The summed E-state index contributed by atoms with van der Waals surface area (Å²) >= 11 is 1.54. The van der Waals surface area contributed by atoms with Crippen molar-refractivity contribution in [2.24, 2.45) is 5.73 Å². The fourth-order valence-corrected chi connectivity index (χ4v) is 0.939. The van der Waals surface area contributed by atoms with Crippen LogP contribution in [0.4, 0.5) is 0 Å². The molecule has 4 heteroatoms. The van der Waals surface area contributed by atoms with E-state index in [1.54, 1.807) is 6.92 Å². The number of carbonyl (C=O) groups is 2. The summed E-state index contributed by atoms with van der Waals surface area (Å²) in [5.74, 6) is -0.207. The van der Waals surface area contributed by atoms with Crippen molar-refractivity contribution >= 4 is 32.2 Å². The van der Waals surface area contributed by atoms with Gasteiger partial charge in [0.1, 0.15) is 0 Å². The topological polar surface area (TPSA) is 60.2 Å². The molecule has 3 nitrogen and oxygen atoms in total. The van der Waals surface area contributed by atoms with E-state index < -0.39 is 0 Å². The second-order valence-corrected chi connectivity index (χ2v) is 2.61. The van der Waals surface area contributed by atoms with Crippen molar-refractivity contribution in [2.45, 2.75) is 13.3 Å². The first kappa shape index (κ1) is 9.61. The molecule has 0 rings (SSSR count). The SMILES string of the molecule is CCC(=O)/C(=C\N)C(=O)I. The van der Waals surface area contributed by atoms with Crippen LogP contribution in [0, 0.1) is 0 Å². The first-order chi connectivity index (χ1) is 4.63. The molecule has 0 saturated heterocycles. The van der Waals surface area contributed by atoms with Gasteiger partial charge in [0.05, 0.1) is 5.57 Å². The van der Waals surface area contributed by atoms with E-state index >= 15 is 0 Å². The highest BCUT2D eigenvalue weighted by molar-refractivity contribution is 14.1. The number of Topliss-reactive ketones (excluding diaryl/α,β-unsaturated/α-hetero) is 1. The third kappa shape index (κ3) is 2.47. The van der Waals surface area contributed by atoms with Crippen molar-refractivity contribution in [2.75, 3.05) is 0 Å². The Bertz CT molecular complexity index is 186. The van der Waals surface area contributed by atoms with Gasteiger partial charge in [-0.2, -0.15) is 0 Å². The molecule has 0 unspecified atom stereocenters. The summed E-state index contributed by atoms with van der Waals surface area (Å²) in [6, 6.07) is 0. The summed E-state index contributed by atoms with van der Waals surface area (Å²) in [6.07, 6.45) is 1.37. The van der Waals surface area contributed by atoms with Crippen LogP contribution in [-0.4, -0.2) is 9.57 Å². The van der Waals surface area contributed by atoms with Gasteiger partial charge in [-0.1, -0.05) is 6.92 Å². The summed E-state index contributed by atoms with van der Waals surface area (Å²) in [5.41, 5.74) is 5.13. The van der Waals surface area contributed by atoms with E-state index in [-0.39, 0.29) is 15.1 Å². The van der Waals surface area contributed by atoms with Gasteiger partial charge in [0.15, 0.2) is 5.78 Å². The van der Waals surface area contributed by atoms with E-state index in [2.05, 4.69) is 0 Å². The van der Waals surface area contributed by atoms with Gasteiger partial charge in [-0.05, 0) is 0 Å². The average Bonchev–Trinajstić information content (AvgIpc) is 1.88. The zero-order chi connectivity index (χ0) is 8.15. The minimum Gasteiger partial charge on any atom is -0.404 e. The molecule has 0 atom stereocenters. The van der Waals surface area contributed by atoms with Crippen molar-refractivity contribution in [1.82, 2.24) is 0 Å². The number of ketones is 1. The van der Waals surface area contributed by atoms with Gasteiger partial charge in [-0.25, -0.2) is 0 Å². The van der Waals surface area contributed by atoms with E-state index in [0.717, 1.165) is 6.20 Å². The van der Waals surface area contributed by atoms with Crippen molar-refractivity contribution in [3.8, 4) is 0 Å². The molecule has 0 radical (unpaired) electrons. The van der Waals surface area contributed by atoms with Gasteiger partial charge in [-0.15, -0.1) is 0 Å². The lowest BCUT2D eigenvalue weighted by Gasteiger charge is -1.94. The molecule has 0 heterocycles. The molecule has 0 aromatic heterocycles. The van der Waals surface area contributed by atoms with Crippen molar-refractivity contribution < 1.29 is 9.59 Å². The summed E-state index contributed by atoms with van der Waals surface area (Å²) in [4.78, 5) is 21.4. The fraction of sp³-hybridized carbons (Fsp3) is 0.333. The quantitative estimate of drug-likeness (QED) is 0.266. The highest BCUT2D eigenvalue weighted by atomic mass is 127. The highest BCUT2D eigenvalue weighted by Crippen LogP contribution is 2.04. The molecular weight excluding hydrogens is 245 g/mol. The number of carbonyl (C=O) groups excluding carboxylic acids is 2. The largest absolute Gasteiger partial charge is 0.404 e. The standard InChI is InChI=1S/C6H8INO2/c1-2-5(9)4(3-8)6(7)10/h3H,2,8H2,1H3/b4-3+. The van der Waals surface area contributed by atoms with Crippen LogP contribution < -0.4 is 5.73 Å². The van der Waals surface area contributed by atoms with Gasteiger partial charge in [-0.3, -0.25) is 9.59 Å². The fourth-order valence-electron chi connectivity index (χ4n) is 0.459. The Balaban J connectivity index is 4.39. The third-order valence-electron chi connectivity index (χ3n) is 1.000. The van der Waals surface area contributed by atoms with E-state index in [1.165, 1.54) is 22.6 Å². The molecule has 0 spiro atoms. The predicted octanol–water partition coefficient (Wildman–Crippen LogP) is 0.770. The average molecular weight is 253 g/mol. The minimum atomic E-state index is -0.299. The van der Waals surface area contributed by atoms with Gasteiger partial charge in [0, 0.05) is 35.2 Å². The summed E-state index contributed by atoms with van der Waals surface area (Å²) < 4.78 is -0.299. The van der Waals surface area contributed by atoms with Crippen LogP contribution in [0.2, 0.25) is 0 Å². The van der Waals surface area contributed by atoms with Gasteiger partial charge in [0.2, 0.25) is 3.79 Å². The van der Waals surface area contributed by atoms with Crippen LogP contribution in [-0.2, 0) is 9.59 Å². The Hall–Kier alpha value is -0.390. The number of rotatable bonds is 3. The van der Waals surface area contributed by atoms with E-state index in [1.807, 2.05) is 0 Å². The van der Waals surface area contributed by atoms with Crippen LogP contribution in [0.1, 0.15) is 13.3 Å².